The van der Waals surface area contributed by atoms with Gasteiger partial charge in [-0.05, 0) is 24.3 Å². The molecule has 2 heterocycles. The van der Waals surface area contributed by atoms with Gasteiger partial charge in [0.25, 0.3) is 11.4 Å². The average Bonchev–Trinajstić information content (AvgIpc) is 3.45. The number of ketones is 2. The molecular formula is C21H10N4O7S2. The Morgan fingerprint density at radius 2 is 1.68 bits per heavy atom. The minimum Gasteiger partial charge on any atom is -0.506 e. The Labute approximate surface area is 197 Å². The van der Waals surface area contributed by atoms with Crippen molar-refractivity contribution in [3.63, 3.8) is 0 Å². The molecule has 2 aromatic carbocycles. The van der Waals surface area contributed by atoms with E-state index >= 15 is 0 Å². The highest BCUT2D eigenvalue weighted by molar-refractivity contribution is 8.03. The molecule has 0 bridgehead atoms. The van der Waals surface area contributed by atoms with Crippen LogP contribution in [-0.4, -0.2) is 31.5 Å². The zero-order chi connectivity index (χ0) is 24.1. The maximum atomic E-state index is 12.5. The van der Waals surface area contributed by atoms with Gasteiger partial charge in [0, 0.05) is 29.2 Å². The number of aliphatic hydroxyl groups excluding tert-OH is 1. The maximum absolute atomic E-state index is 12.5. The summed E-state index contributed by atoms with van der Waals surface area (Å²) in [5, 5.41) is 36.2. The van der Waals surface area contributed by atoms with E-state index < -0.39 is 27.2 Å². The summed E-state index contributed by atoms with van der Waals surface area (Å²) in [6.07, 6.45) is 2.58. The number of aromatic nitrogens is 1. The largest absolute Gasteiger partial charge is 0.506 e. The first-order valence-electron chi connectivity index (χ1n) is 9.45. The molecule has 5 rings (SSSR count). The van der Waals surface area contributed by atoms with Gasteiger partial charge in [0.05, 0.1) is 41.9 Å². The van der Waals surface area contributed by atoms with Crippen molar-refractivity contribution in [2.45, 2.75) is 4.90 Å². The average molecular weight is 494 g/mol. The maximum Gasteiger partial charge on any atom is 0.270 e. The van der Waals surface area contributed by atoms with Crippen LogP contribution in [0.15, 0.2) is 69.3 Å². The van der Waals surface area contributed by atoms with Crippen molar-refractivity contribution in [3.05, 3.63) is 89.6 Å². The lowest BCUT2D eigenvalue weighted by Crippen LogP contribution is -2.09. The number of fused-ring (bicyclic) bond motifs is 2. The number of aliphatic hydroxyl groups is 1. The molecule has 2 aliphatic rings. The van der Waals surface area contributed by atoms with Crippen LogP contribution in [0.3, 0.4) is 0 Å². The summed E-state index contributed by atoms with van der Waals surface area (Å²) in [6.45, 7) is 0. The summed E-state index contributed by atoms with van der Waals surface area (Å²) in [7, 11) is 0. The molecule has 1 aliphatic carbocycles. The number of carbonyl (C=O) groups excluding carboxylic acids is 2. The highest BCUT2D eigenvalue weighted by Crippen LogP contribution is 2.43. The molecule has 0 amide bonds. The molecule has 0 spiro atoms. The van der Waals surface area contributed by atoms with E-state index in [0.29, 0.717) is 30.8 Å². The number of benzene rings is 2. The summed E-state index contributed by atoms with van der Waals surface area (Å²) in [4.78, 5) is 50.8. The highest BCUT2D eigenvalue weighted by atomic mass is 32.2. The van der Waals surface area contributed by atoms with E-state index in [4.69, 9.17) is 0 Å². The number of thiazole rings is 1. The van der Waals surface area contributed by atoms with Gasteiger partial charge in [-0.25, -0.2) is 4.98 Å². The number of nitro groups is 2. The molecule has 11 nitrogen and oxygen atoms in total. The SMILES string of the molecule is O=C1C(=O)/C(=C\c2nc3ccc([N+](=O)[O-])cc3s2)C(O)=C1/C=C1/Nc2ccc([N+](=O)[O-])cc2S1. The quantitative estimate of drug-likeness (QED) is 0.228. The molecular weight excluding hydrogens is 484 g/mol. The number of thioether (sulfide) groups is 1. The number of allylic oxidation sites excluding steroid dienone is 3. The van der Waals surface area contributed by atoms with Gasteiger partial charge in [-0.15, -0.1) is 11.3 Å². The zero-order valence-electron chi connectivity index (χ0n) is 16.7. The van der Waals surface area contributed by atoms with Gasteiger partial charge in [-0.1, -0.05) is 11.8 Å². The number of rotatable bonds is 4. The molecule has 168 valence electrons. The second-order valence-electron chi connectivity index (χ2n) is 7.11. The molecule has 1 aromatic heterocycles. The number of Topliss-reactive ketones (excluding diaryl/α,β-unsaturated/α-hetero) is 2. The molecule has 0 unspecified atom stereocenters. The van der Waals surface area contributed by atoms with Crippen molar-refractivity contribution in [3.8, 4) is 0 Å². The third kappa shape index (κ3) is 3.62. The Bertz CT molecular complexity index is 1570. The molecule has 0 saturated carbocycles. The fourth-order valence-electron chi connectivity index (χ4n) is 3.39. The van der Waals surface area contributed by atoms with Gasteiger partial charge in [0.15, 0.2) is 0 Å². The molecule has 34 heavy (non-hydrogen) atoms. The van der Waals surface area contributed by atoms with Crippen molar-refractivity contribution in [2.24, 2.45) is 0 Å². The summed E-state index contributed by atoms with van der Waals surface area (Å²) in [5.74, 6) is -2.33. The number of carbonyl (C=O) groups is 2. The van der Waals surface area contributed by atoms with E-state index in [0.717, 1.165) is 23.1 Å². The standard InChI is InChI=1S/C21H10N4O7S2/c26-19-11(7-17-22-13-3-1-9(24(29)30)5-15(13)33-17)20(27)21(28)12(19)8-18-23-14-4-2-10(25(31)32)6-16(14)34-18/h1-8,22,26H/b12-8-,17-7-. The van der Waals surface area contributed by atoms with Crippen molar-refractivity contribution < 1.29 is 24.5 Å². The lowest BCUT2D eigenvalue weighted by molar-refractivity contribution is -0.385. The third-order valence-corrected chi connectivity index (χ3v) is 6.96. The zero-order valence-corrected chi connectivity index (χ0v) is 18.3. The number of nitrogens with zero attached hydrogens (tertiary/aromatic N) is 3. The second-order valence-corrected chi connectivity index (χ2v) is 9.26. The first-order valence-corrected chi connectivity index (χ1v) is 11.1. The van der Waals surface area contributed by atoms with Crippen LogP contribution in [0.2, 0.25) is 0 Å². The number of nitrogens with one attached hydrogen (secondary N) is 1. The first-order chi connectivity index (χ1) is 16.2. The van der Waals surface area contributed by atoms with Gasteiger partial charge in [-0.3, -0.25) is 29.8 Å². The Hall–Kier alpha value is -4.36. The lowest BCUT2D eigenvalue weighted by Gasteiger charge is -1.99. The van der Waals surface area contributed by atoms with Gasteiger partial charge in [0.2, 0.25) is 11.6 Å². The van der Waals surface area contributed by atoms with Crippen molar-refractivity contribution in [2.75, 3.05) is 5.32 Å². The summed E-state index contributed by atoms with van der Waals surface area (Å²) in [5.41, 5.74) is 0.426. The number of nitro benzene ring substituents is 2. The fourth-order valence-corrected chi connectivity index (χ4v) is 5.32. The van der Waals surface area contributed by atoms with Gasteiger partial charge >= 0.3 is 0 Å². The van der Waals surface area contributed by atoms with Crippen molar-refractivity contribution in [1.82, 2.24) is 4.98 Å². The highest BCUT2D eigenvalue weighted by Gasteiger charge is 2.36. The number of anilines is 1. The van der Waals surface area contributed by atoms with Crippen LogP contribution in [0, 0.1) is 20.2 Å². The Balaban J connectivity index is 1.48. The Morgan fingerprint density at radius 3 is 2.41 bits per heavy atom. The molecule has 3 aromatic rings. The molecule has 0 saturated heterocycles. The molecule has 13 heteroatoms. The van der Waals surface area contributed by atoms with E-state index in [1.165, 1.54) is 48.6 Å². The van der Waals surface area contributed by atoms with Crippen LogP contribution in [0.4, 0.5) is 17.1 Å². The normalized spacial score (nSPS) is 17.6. The minimum atomic E-state index is -0.911. The summed E-state index contributed by atoms with van der Waals surface area (Å²) < 4.78 is 0.516. The smallest absolute Gasteiger partial charge is 0.270 e. The van der Waals surface area contributed by atoms with E-state index in [1.807, 2.05) is 0 Å². The van der Waals surface area contributed by atoms with Gasteiger partial charge in [-0.2, -0.15) is 0 Å². The number of hydrogen-bond acceptors (Lipinski definition) is 11. The fraction of sp³-hybridized carbons (Fsp3) is 0. The summed E-state index contributed by atoms with van der Waals surface area (Å²) >= 11 is 2.20. The van der Waals surface area contributed by atoms with Crippen molar-refractivity contribution >= 4 is 68.0 Å². The van der Waals surface area contributed by atoms with E-state index in [-0.39, 0.29) is 22.5 Å². The van der Waals surface area contributed by atoms with Gasteiger partial charge < -0.3 is 10.4 Å². The molecule has 1 aliphatic heterocycles. The van der Waals surface area contributed by atoms with Crippen molar-refractivity contribution in [1.29, 1.82) is 0 Å². The van der Waals surface area contributed by atoms with Crippen LogP contribution in [0.5, 0.6) is 0 Å². The molecule has 0 fully saturated rings. The lowest BCUT2D eigenvalue weighted by atomic mass is 10.2. The van der Waals surface area contributed by atoms with E-state index in [1.54, 1.807) is 0 Å². The number of hydrogen-bond donors (Lipinski definition) is 2. The van der Waals surface area contributed by atoms with Crippen LogP contribution in [0.1, 0.15) is 5.01 Å². The van der Waals surface area contributed by atoms with Gasteiger partial charge in [0.1, 0.15) is 10.8 Å². The Kier molecular flexibility index (Phi) is 4.99. The summed E-state index contributed by atoms with van der Waals surface area (Å²) in [6, 6.07) is 8.39. The first kappa shape index (κ1) is 21.5. The second kappa shape index (κ2) is 7.90. The van der Waals surface area contributed by atoms with E-state index in [9.17, 15) is 34.9 Å². The van der Waals surface area contributed by atoms with Crippen LogP contribution >= 0.6 is 23.1 Å². The van der Waals surface area contributed by atoms with E-state index in [2.05, 4.69) is 10.3 Å². The predicted molar refractivity (Wildman–Crippen MR) is 125 cm³/mol. The topological polar surface area (TPSA) is 166 Å². The predicted octanol–water partition coefficient (Wildman–Crippen LogP) is 4.52. The molecule has 2 N–H and O–H groups in total. The van der Waals surface area contributed by atoms with Crippen LogP contribution in [-0.2, 0) is 9.59 Å². The minimum absolute atomic E-state index is 0.0881. The van der Waals surface area contributed by atoms with Crippen LogP contribution in [0.25, 0.3) is 16.3 Å². The Morgan fingerprint density at radius 1 is 0.971 bits per heavy atom. The monoisotopic (exact) mass is 494 g/mol. The molecule has 0 atom stereocenters. The van der Waals surface area contributed by atoms with Crippen LogP contribution < -0.4 is 5.32 Å². The molecule has 0 radical (unpaired) electrons. The third-order valence-electron chi connectivity index (χ3n) is 5.00. The number of non-ortho nitro benzene ring substituents is 2.